The SMILES string of the molecule is C=C(Cn1c2ccccc2c2ccc(C)cc21)NS.CC.CCCc1cccc(C)c1. The van der Waals surface area contributed by atoms with Gasteiger partial charge in [0, 0.05) is 27.5 Å². The normalized spacial score (nSPS) is 10.1. The second-order valence-corrected chi connectivity index (χ2v) is 7.80. The van der Waals surface area contributed by atoms with Crippen LogP contribution in [0.4, 0.5) is 0 Å². The molecule has 31 heavy (non-hydrogen) atoms. The van der Waals surface area contributed by atoms with E-state index in [9.17, 15) is 0 Å². The molecule has 4 rings (SSSR count). The number of hydrogen-bond acceptors (Lipinski definition) is 2. The number of hydrogen-bond donors (Lipinski definition) is 2. The molecule has 0 aliphatic rings. The summed E-state index contributed by atoms with van der Waals surface area (Å²) in [4.78, 5) is 0. The van der Waals surface area contributed by atoms with Crippen LogP contribution in [0.15, 0.2) is 79.0 Å². The first kappa shape index (κ1) is 24.6. The number of rotatable bonds is 5. The van der Waals surface area contributed by atoms with Crippen molar-refractivity contribution in [3.8, 4) is 0 Å². The maximum absolute atomic E-state index is 4.07. The van der Waals surface area contributed by atoms with Gasteiger partial charge in [-0.05, 0) is 43.5 Å². The standard InChI is InChI=1S/C16H16N2S.C10H14.C2H6/c1-11-7-8-14-13-5-3-4-6-15(13)18(16(14)9-11)10-12(2)17-19;1-3-5-10-7-4-6-9(2)8-10;1-2/h3-9,17,19H,2,10H2,1H3;4,6-8H,3,5H2,1-2H3;1-2H3. The van der Waals surface area contributed by atoms with E-state index in [-0.39, 0.29) is 0 Å². The molecule has 0 spiro atoms. The summed E-state index contributed by atoms with van der Waals surface area (Å²) in [5.74, 6) is 0. The summed E-state index contributed by atoms with van der Waals surface area (Å²) in [6.45, 7) is 15.2. The number of allylic oxidation sites excluding steroid dienone is 1. The molecule has 0 bridgehead atoms. The molecule has 0 aliphatic heterocycles. The van der Waals surface area contributed by atoms with Crippen LogP contribution in [0.2, 0.25) is 0 Å². The molecule has 1 N–H and O–H groups in total. The summed E-state index contributed by atoms with van der Waals surface area (Å²) in [5, 5.41) is 2.57. The molecule has 0 amide bonds. The van der Waals surface area contributed by atoms with E-state index in [1.54, 1.807) is 0 Å². The fraction of sp³-hybridized carbons (Fsp3) is 0.286. The van der Waals surface area contributed by atoms with Crippen molar-refractivity contribution in [3.05, 3.63) is 95.7 Å². The van der Waals surface area contributed by atoms with Gasteiger partial charge in [-0.15, -0.1) is 0 Å². The molecule has 1 aromatic heterocycles. The maximum Gasteiger partial charge on any atom is 0.0631 e. The van der Waals surface area contributed by atoms with E-state index in [1.807, 2.05) is 13.8 Å². The van der Waals surface area contributed by atoms with Crippen LogP contribution in [0.1, 0.15) is 43.9 Å². The lowest BCUT2D eigenvalue weighted by molar-refractivity contribution is 0.826. The zero-order valence-electron chi connectivity index (χ0n) is 19.6. The van der Waals surface area contributed by atoms with Crippen LogP contribution in [0.25, 0.3) is 21.8 Å². The maximum atomic E-state index is 4.07. The molecule has 0 atom stereocenters. The zero-order chi connectivity index (χ0) is 22.8. The van der Waals surface area contributed by atoms with Crippen LogP contribution in [0, 0.1) is 13.8 Å². The predicted molar refractivity (Wildman–Crippen MR) is 142 cm³/mol. The molecule has 164 valence electrons. The van der Waals surface area contributed by atoms with Crippen molar-refractivity contribution in [1.29, 1.82) is 0 Å². The highest BCUT2D eigenvalue weighted by Gasteiger charge is 2.10. The fourth-order valence-electron chi connectivity index (χ4n) is 3.71. The Hall–Kier alpha value is -2.65. The minimum absolute atomic E-state index is 0.719. The van der Waals surface area contributed by atoms with Crippen molar-refractivity contribution in [1.82, 2.24) is 9.29 Å². The third kappa shape index (κ3) is 6.41. The lowest BCUT2D eigenvalue weighted by Gasteiger charge is -2.09. The Morgan fingerprint density at radius 1 is 0.871 bits per heavy atom. The van der Waals surface area contributed by atoms with Gasteiger partial charge in [-0.2, -0.15) is 0 Å². The first-order valence-corrected chi connectivity index (χ1v) is 11.6. The smallest absolute Gasteiger partial charge is 0.0631 e. The number of nitrogens with one attached hydrogen (secondary N) is 1. The lowest BCUT2D eigenvalue weighted by atomic mass is 10.1. The second kappa shape index (κ2) is 12.3. The van der Waals surface area contributed by atoms with E-state index in [0.29, 0.717) is 0 Å². The Balaban J connectivity index is 0.000000241. The Morgan fingerprint density at radius 2 is 1.55 bits per heavy atom. The van der Waals surface area contributed by atoms with Crippen molar-refractivity contribution < 1.29 is 0 Å². The lowest BCUT2D eigenvalue weighted by Crippen LogP contribution is -2.07. The van der Waals surface area contributed by atoms with Crippen molar-refractivity contribution in [2.45, 2.75) is 54.0 Å². The predicted octanol–water partition coefficient (Wildman–Crippen LogP) is 8.02. The van der Waals surface area contributed by atoms with Gasteiger partial charge in [0.1, 0.15) is 0 Å². The van der Waals surface area contributed by atoms with Crippen LogP contribution in [0.5, 0.6) is 0 Å². The molecule has 3 aromatic carbocycles. The second-order valence-electron chi connectivity index (χ2n) is 7.58. The number of aromatic nitrogens is 1. The Labute approximate surface area is 193 Å². The van der Waals surface area contributed by atoms with E-state index >= 15 is 0 Å². The highest BCUT2D eigenvalue weighted by molar-refractivity contribution is 7.78. The molecule has 2 nitrogen and oxygen atoms in total. The molecule has 0 unspecified atom stereocenters. The fourth-order valence-corrected chi connectivity index (χ4v) is 3.78. The van der Waals surface area contributed by atoms with Crippen molar-refractivity contribution in [2.24, 2.45) is 0 Å². The molecule has 1 heterocycles. The van der Waals surface area contributed by atoms with E-state index in [2.05, 4.69) is 116 Å². The highest BCUT2D eigenvalue weighted by atomic mass is 32.1. The van der Waals surface area contributed by atoms with Gasteiger partial charge >= 0.3 is 0 Å². The van der Waals surface area contributed by atoms with Crippen molar-refractivity contribution in [2.75, 3.05) is 0 Å². The molecule has 0 radical (unpaired) electrons. The minimum Gasteiger partial charge on any atom is -0.335 e. The van der Waals surface area contributed by atoms with Crippen LogP contribution in [0.3, 0.4) is 0 Å². The van der Waals surface area contributed by atoms with Gasteiger partial charge < -0.3 is 9.29 Å². The van der Waals surface area contributed by atoms with Crippen molar-refractivity contribution >= 4 is 34.6 Å². The third-order valence-electron chi connectivity index (χ3n) is 5.06. The van der Waals surface area contributed by atoms with Gasteiger partial charge in [-0.25, -0.2) is 0 Å². The van der Waals surface area contributed by atoms with Gasteiger partial charge in [0.2, 0.25) is 0 Å². The molecule has 0 saturated heterocycles. The number of benzene rings is 3. The molecule has 0 saturated carbocycles. The highest BCUT2D eigenvalue weighted by Crippen LogP contribution is 2.29. The van der Waals surface area contributed by atoms with Gasteiger partial charge in [-0.1, -0.05) is 107 Å². The number of thiol groups is 1. The third-order valence-corrected chi connectivity index (χ3v) is 5.37. The zero-order valence-corrected chi connectivity index (χ0v) is 20.5. The van der Waals surface area contributed by atoms with Crippen LogP contribution in [-0.4, -0.2) is 4.57 Å². The minimum atomic E-state index is 0.719. The largest absolute Gasteiger partial charge is 0.335 e. The van der Waals surface area contributed by atoms with Crippen molar-refractivity contribution in [3.63, 3.8) is 0 Å². The summed E-state index contributed by atoms with van der Waals surface area (Å²) in [6, 6.07) is 23.8. The molecule has 4 aromatic rings. The average Bonchev–Trinajstić information content (AvgIpc) is 3.08. The molecule has 0 fully saturated rings. The summed E-state index contributed by atoms with van der Waals surface area (Å²) in [5.41, 5.74) is 7.45. The van der Waals surface area contributed by atoms with Crippen LogP contribution in [-0.2, 0) is 13.0 Å². The monoisotopic (exact) mass is 432 g/mol. The quantitative estimate of drug-likeness (QED) is 0.305. The van der Waals surface area contributed by atoms with Crippen LogP contribution < -0.4 is 4.72 Å². The van der Waals surface area contributed by atoms with E-state index in [4.69, 9.17) is 0 Å². The Morgan fingerprint density at radius 3 is 2.23 bits per heavy atom. The number of fused-ring (bicyclic) bond motifs is 3. The van der Waals surface area contributed by atoms with Crippen LogP contribution >= 0.6 is 12.8 Å². The molecule has 3 heteroatoms. The Kier molecular flexibility index (Phi) is 9.74. The Bertz CT molecular complexity index is 1120. The first-order chi connectivity index (χ1) is 15.0. The summed E-state index contributed by atoms with van der Waals surface area (Å²) in [6.07, 6.45) is 2.45. The molecular formula is C28H36N2S. The van der Waals surface area contributed by atoms with Gasteiger partial charge in [0.15, 0.2) is 0 Å². The van der Waals surface area contributed by atoms with Gasteiger partial charge in [0.25, 0.3) is 0 Å². The molecular weight excluding hydrogens is 396 g/mol. The van der Waals surface area contributed by atoms with Gasteiger partial charge in [0.05, 0.1) is 6.54 Å². The number of nitrogens with zero attached hydrogens (tertiary/aromatic N) is 1. The summed E-state index contributed by atoms with van der Waals surface area (Å²) < 4.78 is 5.11. The van der Waals surface area contributed by atoms with E-state index in [1.165, 1.54) is 51.3 Å². The van der Waals surface area contributed by atoms with E-state index in [0.717, 1.165) is 12.2 Å². The first-order valence-electron chi connectivity index (χ1n) is 11.1. The average molecular weight is 433 g/mol. The number of aryl methyl sites for hydroxylation is 3. The number of para-hydroxylation sites is 1. The molecule has 0 aliphatic carbocycles. The van der Waals surface area contributed by atoms with Gasteiger partial charge in [-0.3, -0.25) is 0 Å². The van der Waals surface area contributed by atoms with E-state index < -0.39 is 0 Å². The summed E-state index contributed by atoms with van der Waals surface area (Å²) in [7, 11) is 0. The summed E-state index contributed by atoms with van der Waals surface area (Å²) >= 11 is 4.07. The topological polar surface area (TPSA) is 17.0 Å².